The molecule has 230 valence electrons. The normalized spacial score (nSPS) is 16.2. The van der Waals surface area contributed by atoms with Crippen LogP contribution in [-0.2, 0) is 9.47 Å². The predicted octanol–water partition coefficient (Wildman–Crippen LogP) is 4.94. The molecule has 13 nitrogen and oxygen atoms in total. The van der Waals surface area contributed by atoms with Crippen LogP contribution in [-0.4, -0.2) is 86.8 Å². The number of urea groups is 1. The first kappa shape index (κ1) is 29.3. The lowest BCUT2D eigenvalue weighted by Gasteiger charge is -2.33. The third-order valence-electron chi connectivity index (χ3n) is 7.51. The lowest BCUT2D eigenvalue weighted by atomic mass is 10.1. The molecule has 1 aromatic carbocycles. The number of likely N-dealkylation sites (tertiary alicyclic amines) is 1. The smallest absolute Gasteiger partial charge is 0.410 e. The van der Waals surface area contributed by atoms with E-state index in [4.69, 9.17) is 24.5 Å². The minimum Gasteiger partial charge on any atom is -0.444 e. The molecule has 3 aromatic heterocycles. The van der Waals surface area contributed by atoms with Crippen LogP contribution in [0, 0.1) is 0 Å². The highest BCUT2D eigenvalue weighted by Gasteiger charge is 2.30. The van der Waals surface area contributed by atoms with Crippen LogP contribution in [0.2, 0.25) is 0 Å². The van der Waals surface area contributed by atoms with Gasteiger partial charge in [-0.2, -0.15) is 5.10 Å². The van der Waals surface area contributed by atoms with Crippen molar-refractivity contribution in [2.45, 2.75) is 45.3 Å². The zero-order valence-electron chi connectivity index (χ0n) is 25.2. The number of carbonyl (C=O) groups excluding carboxylic acids is 2. The Morgan fingerprint density at radius 1 is 0.955 bits per heavy atom. The number of carbonyl (C=O) groups is 2. The van der Waals surface area contributed by atoms with Gasteiger partial charge in [-0.25, -0.2) is 29.2 Å². The maximum Gasteiger partial charge on any atom is 0.410 e. The van der Waals surface area contributed by atoms with E-state index in [2.05, 4.69) is 20.5 Å². The highest BCUT2D eigenvalue weighted by molar-refractivity contribution is 5.99. The molecule has 2 saturated heterocycles. The Balaban J connectivity index is 1.24. The summed E-state index contributed by atoms with van der Waals surface area (Å²) in [6.07, 6.45) is 4.65. The van der Waals surface area contributed by atoms with Crippen LogP contribution in [0.25, 0.3) is 22.4 Å². The lowest BCUT2D eigenvalue weighted by Crippen LogP contribution is -2.42. The second-order valence-corrected chi connectivity index (χ2v) is 11.9. The SMILES string of the molecule is CC(C)(C)OC(=O)N1CCC(n2ncc3c(N4CCOCC4)nc(-c4ccc(NC(=O)Nc5ccccn5)cc4)nc32)CC1. The number of hydrogen-bond acceptors (Lipinski definition) is 9. The first-order chi connectivity index (χ1) is 21.2. The van der Waals surface area contributed by atoms with Gasteiger partial charge < -0.3 is 24.6 Å². The van der Waals surface area contributed by atoms with Gasteiger partial charge in [0.05, 0.1) is 30.8 Å². The molecule has 3 amide bonds. The standard InChI is InChI=1S/C31H37N9O4/c1-31(2,3)44-30(42)39-14-11-23(12-15-39)40-28-24(20-33-40)27(38-16-18-43-19-17-38)36-26(37-28)21-7-9-22(10-8-21)34-29(41)35-25-6-4-5-13-32-25/h4-10,13,20,23H,11-12,14-19H2,1-3H3,(H2,32,34,35,41). The summed E-state index contributed by atoms with van der Waals surface area (Å²) >= 11 is 0. The minimum absolute atomic E-state index is 0.0793. The van der Waals surface area contributed by atoms with Gasteiger partial charge in [0.25, 0.3) is 0 Å². The number of hydrogen-bond donors (Lipinski definition) is 2. The summed E-state index contributed by atoms with van der Waals surface area (Å²) in [7, 11) is 0. The topological polar surface area (TPSA) is 140 Å². The summed E-state index contributed by atoms with van der Waals surface area (Å²) in [5, 5.41) is 11.2. The molecule has 5 heterocycles. The largest absolute Gasteiger partial charge is 0.444 e. The maximum atomic E-state index is 12.6. The quantitative estimate of drug-likeness (QED) is 0.326. The highest BCUT2D eigenvalue weighted by Crippen LogP contribution is 2.32. The number of amides is 3. The Hall–Kier alpha value is -4.78. The van der Waals surface area contributed by atoms with Crippen LogP contribution in [0.3, 0.4) is 0 Å². The van der Waals surface area contributed by atoms with Gasteiger partial charge in [0.2, 0.25) is 0 Å². The summed E-state index contributed by atoms with van der Waals surface area (Å²) in [6, 6.07) is 12.4. The Morgan fingerprint density at radius 3 is 2.39 bits per heavy atom. The number of aromatic nitrogens is 5. The molecular weight excluding hydrogens is 562 g/mol. The van der Waals surface area contributed by atoms with E-state index < -0.39 is 5.60 Å². The molecule has 0 atom stereocenters. The molecular formula is C31H37N9O4. The van der Waals surface area contributed by atoms with Gasteiger partial charge in [-0.3, -0.25) is 5.32 Å². The first-order valence-electron chi connectivity index (χ1n) is 14.9. The molecule has 6 rings (SSSR count). The van der Waals surface area contributed by atoms with E-state index in [0.29, 0.717) is 43.6 Å². The van der Waals surface area contributed by atoms with Crippen molar-refractivity contribution in [3.8, 4) is 11.4 Å². The maximum absolute atomic E-state index is 12.6. The Labute approximate surface area is 255 Å². The number of anilines is 3. The summed E-state index contributed by atoms with van der Waals surface area (Å²) in [6.45, 7) is 9.48. The van der Waals surface area contributed by atoms with Gasteiger partial charge in [0.15, 0.2) is 11.5 Å². The average molecular weight is 600 g/mol. The molecule has 0 radical (unpaired) electrons. The van der Waals surface area contributed by atoms with Crippen LogP contribution < -0.4 is 15.5 Å². The average Bonchev–Trinajstić information content (AvgIpc) is 3.45. The Kier molecular flexibility index (Phi) is 8.29. The zero-order valence-corrected chi connectivity index (χ0v) is 25.2. The van der Waals surface area contributed by atoms with Crippen molar-refractivity contribution in [1.82, 2.24) is 29.6 Å². The van der Waals surface area contributed by atoms with E-state index in [1.54, 1.807) is 29.3 Å². The minimum atomic E-state index is -0.532. The fraction of sp³-hybridized carbons (Fsp3) is 0.419. The molecule has 0 unspecified atom stereocenters. The second kappa shape index (κ2) is 12.4. The third kappa shape index (κ3) is 6.72. The molecule has 2 aliphatic heterocycles. The molecule has 0 bridgehead atoms. The molecule has 2 N–H and O–H groups in total. The number of ether oxygens (including phenoxy) is 2. The van der Waals surface area contributed by atoms with Crippen molar-refractivity contribution in [2.75, 3.05) is 54.9 Å². The van der Waals surface area contributed by atoms with Crippen LogP contribution in [0.15, 0.2) is 54.9 Å². The highest BCUT2D eigenvalue weighted by atomic mass is 16.6. The van der Waals surface area contributed by atoms with E-state index in [1.165, 1.54) is 0 Å². The predicted molar refractivity (Wildman–Crippen MR) is 167 cm³/mol. The Bertz CT molecular complexity index is 1610. The van der Waals surface area contributed by atoms with Crippen molar-refractivity contribution in [2.24, 2.45) is 0 Å². The van der Waals surface area contributed by atoms with E-state index in [-0.39, 0.29) is 18.2 Å². The molecule has 0 aliphatic carbocycles. The Morgan fingerprint density at radius 2 is 1.70 bits per heavy atom. The summed E-state index contributed by atoms with van der Waals surface area (Å²) in [5.74, 6) is 1.85. The van der Waals surface area contributed by atoms with E-state index in [0.717, 1.165) is 48.3 Å². The lowest BCUT2D eigenvalue weighted by molar-refractivity contribution is 0.0186. The van der Waals surface area contributed by atoms with Crippen LogP contribution in [0.4, 0.5) is 26.9 Å². The first-order valence-corrected chi connectivity index (χ1v) is 14.9. The molecule has 4 aromatic rings. The zero-order chi connectivity index (χ0) is 30.7. The van der Waals surface area contributed by atoms with Crippen molar-refractivity contribution >= 4 is 40.5 Å². The van der Waals surface area contributed by atoms with Gasteiger partial charge >= 0.3 is 12.1 Å². The number of benzene rings is 1. The number of nitrogens with one attached hydrogen (secondary N) is 2. The molecule has 0 saturated carbocycles. The summed E-state index contributed by atoms with van der Waals surface area (Å²) < 4.78 is 13.2. The number of pyridine rings is 1. The molecule has 44 heavy (non-hydrogen) atoms. The monoisotopic (exact) mass is 599 g/mol. The molecule has 2 aliphatic rings. The second-order valence-electron chi connectivity index (χ2n) is 11.9. The van der Waals surface area contributed by atoms with Crippen molar-refractivity contribution in [3.05, 3.63) is 54.9 Å². The van der Waals surface area contributed by atoms with Gasteiger partial charge in [-0.15, -0.1) is 0 Å². The van der Waals surface area contributed by atoms with Gasteiger partial charge in [-0.05, 0) is 70.0 Å². The van der Waals surface area contributed by atoms with Crippen LogP contribution >= 0.6 is 0 Å². The van der Waals surface area contributed by atoms with Crippen LogP contribution in [0.1, 0.15) is 39.7 Å². The number of fused-ring (bicyclic) bond motifs is 1. The fourth-order valence-electron chi connectivity index (χ4n) is 5.36. The third-order valence-corrected chi connectivity index (χ3v) is 7.51. The van der Waals surface area contributed by atoms with Gasteiger partial charge in [0, 0.05) is 43.6 Å². The van der Waals surface area contributed by atoms with E-state index in [9.17, 15) is 9.59 Å². The van der Waals surface area contributed by atoms with Crippen molar-refractivity contribution in [1.29, 1.82) is 0 Å². The van der Waals surface area contributed by atoms with Crippen LogP contribution in [0.5, 0.6) is 0 Å². The van der Waals surface area contributed by atoms with Crippen molar-refractivity contribution < 1.29 is 19.1 Å². The summed E-state index contributed by atoms with van der Waals surface area (Å²) in [5.41, 5.74) is 1.66. The van der Waals surface area contributed by atoms with E-state index in [1.807, 2.05) is 55.9 Å². The number of piperidine rings is 1. The number of morpholine rings is 1. The van der Waals surface area contributed by atoms with E-state index >= 15 is 0 Å². The van der Waals surface area contributed by atoms with Gasteiger partial charge in [-0.1, -0.05) is 6.07 Å². The van der Waals surface area contributed by atoms with Gasteiger partial charge in [0.1, 0.15) is 17.2 Å². The molecule has 0 spiro atoms. The summed E-state index contributed by atoms with van der Waals surface area (Å²) in [4.78, 5) is 43.2. The molecule has 13 heteroatoms. The van der Waals surface area contributed by atoms with Crippen molar-refractivity contribution in [3.63, 3.8) is 0 Å². The number of nitrogens with zero attached hydrogens (tertiary/aromatic N) is 7. The molecule has 2 fully saturated rings. The number of rotatable bonds is 5. The fourth-order valence-corrected chi connectivity index (χ4v) is 5.36.